The second-order valence-corrected chi connectivity index (χ2v) is 3.38. The van der Waals surface area contributed by atoms with Crippen LogP contribution in [-0.2, 0) is 9.59 Å². The summed E-state index contributed by atoms with van der Waals surface area (Å²) < 4.78 is 0. The van der Waals surface area contributed by atoms with Gasteiger partial charge >= 0.3 is 0 Å². The Kier molecular flexibility index (Phi) is 14.1. The van der Waals surface area contributed by atoms with E-state index in [0.717, 1.165) is 25.8 Å². The van der Waals surface area contributed by atoms with E-state index in [-0.39, 0.29) is 11.8 Å². The van der Waals surface area contributed by atoms with Gasteiger partial charge in [-0.1, -0.05) is 27.2 Å². The number of amides is 2. The molecule has 1 aliphatic rings. The van der Waals surface area contributed by atoms with Crippen LogP contribution in [0.25, 0.3) is 0 Å². The van der Waals surface area contributed by atoms with Gasteiger partial charge in [0.1, 0.15) is 0 Å². The number of hydrogen-bond acceptors (Lipinski definition) is 2. The fraction of sp³-hybridized carbons (Fsp3) is 0.818. The summed E-state index contributed by atoms with van der Waals surface area (Å²) in [6.45, 7) is 7.06. The van der Waals surface area contributed by atoms with Crippen LogP contribution >= 0.6 is 0 Å². The minimum Gasteiger partial charge on any atom is -0.370 e. The highest BCUT2D eigenvalue weighted by Gasteiger charge is 2.05. The van der Waals surface area contributed by atoms with Crippen molar-refractivity contribution >= 4 is 11.8 Å². The molecular formula is C11H24N2O2. The van der Waals surface area contributed by atoms with E-state index in [0.29, 0.717) is 6.42 Å². The van der Waals surface area contributed by atoms with Crippen LogP contribution in [0.4, 0.5) is 0 Å². The van der Waals surface area contributed by atoms with Crippen molar-refractivity contribution in [1.29, 1.82) is 0 Å². The van der Waals surface area contributed by atoms with Gasteiger partial charge < -0.3 is 11.1 Å². The first kappa shape index (κ1) is 16.4. The molecule has 1 saturated heterocycles. The molecule has 0 aromatic rings. The fourth-order valence-electron chi connectivity index (χ4n) is 0.812. The second kappa shape index (κ2) is 12.9. The van der Waals surface area contributed by atoms with Crippen LogP contribution < -0.4 is 11.1 Å². The highest BCUT2D eigenvalue weighted by molar-refractivity contribution is 5.77. The molecule has 4 nitrogen and oxygen atoms in total. The van der Waals surface area contributed by atoms with E-state index in [1.54, 1.807) is 0 Å². The summed E-state index contributed by atoms with van der Waals surface area (Å²) in [7, 11) is 0. The van der Waals surface area contributed by atoms with Crippen molar-refractivity contribution in [3.63, 3.8) is 0 Å². The van der Waals surface area contributed by atoms with Gasteiger partial charge in [0, 0.05) is 19.4 Å². The van der Waals surface area contributed by atoms with Crippen molar-refractivity contribution in [3.8, 4) is 0 Å². The molecule has 2 amide bonds. The molecule has 0 unspecified atom stereocenters. The predicted octanol–water partition coefficient (Wildman–Crippen LogP) is 1.58. The van der Waals surface area contributed by atoms with Crippen LogP contribution in [0, 0.1) is 0 Å². The Bertz CT molecular complexity index is 162. The maximum atomic E-state index is 10.1. The zero-order valence-corrected chi connectivity index (χ0v) is 10.1. The van der Waals surface area contributed by atoms with Crippen LogP contribution in [0.5, 0.6) is 0 Å². The molecule has 0 aromatic heterocycles. The summed E-state index contributed by atoms with van der Waals surface area (Å²) in [6.07, 6.45) is 4.38. The number of primary amides is 1. The van der Waals surface area contributed by atoms with Crippen molar-refractivity contribution in [3.05, 3.63) is 0 Å². The number of hydrogen-bond donors (Lipinski definition) is 2. The molecule has 0 aliphatic carbocycles. The summed E-state index contributed by atoms with van der Waals surface area (Å²) in [5, 5.41) is 2.68. The lowest BCUT2D eigenvalue weighted by atomic mass is 10.3. The molecule has 1 aliphatic heterocycles. The summed E-state index contributed by atoms with van der Waals surface area (Å²) in [5.41, 5.74) is 4.76. The monoisotopic (exact) mass is 216 g/mol. The highest BCUT2D eigenvalue weighted by atomic mass is 16.2. The molecule has 1 fully saturated rings. The van der Waals surface area contributed by atoms with Crippen molar-refractivity contribution in [2.45, 2.75) is 52.9 Å². The third-order valence-corrected chi connectivity index (χ3v) is 1.40. The Morgan fingerprint density at radius 1 is 1.40 bits per heavy atom. The molecule has 0 saturated carbocycles. The first-order valence-corrected chi connectivity index (χ1v) is 5.63. The predicted molar refractivity (Wildman–Crippen MR) is 62.3 cm³/mol. The third-order valence-electron chi connectivity index (χ3n) is 1.40. The maximum absolute atomic E-state index is 10.1. The van der Waals surface area contributed by atoms with Crippen molar-refractivity contribution in [1.82, 2.24) is 5.32 Å². The Morgan fingerprint density at radius 3 is 2.00 bits per heavy atom. The fourth-order valence-corrected chi connectivity index (χ4v) is 0.812. The van der Waals surface area contributed by atoms with Crippen LogP contribution in [0.2, 0.25) is 0 Å². The molecule has 0 spiro atoms. The molecule has 0 bridgehead atoms. The Hall–Kier alpha value is -1.06. The molecule has 90 valence electrons. The largest absolute Gasteiger partial charge is 0.370 e. The Balaban J connectivity index is 0. The Labute approximate surface area is 92.6 Å². The molecule has 3 N–H and O–H groups in total. The third kappa shape index (κ3) is 19.4. The van der Waals surface area contributed by atoms with E-state index >= 15 is 0 Å². The molecule has 4 heteroatoms. The second-order valence-electron chi connectivity index (χ2n) is 3.38. The summed E-state index contributed by atoms with van der Waals surface area (Å²) in [5.74, 6) is -0.00694. The van der Waals surface area contributed by atoms with Crippen LogP contribution in [0.3, 0.4) is 0 Å². The van der Waals surface area contributed by atoms with Crippen molar-refractivity contribution in [2.75, 3.05) is 6.54 Å². The molecule has 0 atom stereocenters. The topological polar surface area (TPSA) is 72.2 Å². The lowest BCUT2D eigenvalue weighted by Gasteiger charge is -1.81. The molecular weight excluding hydrogens is 192 g/mol. The van der Waals surface area contributed by atoms with Gasteiger partial charge in [-0.2, -0.15) is 0 Å². The zero-order valence-electron chi connectivity index (χ0n) is 10.1. The number of nitrogens with two attached hydrogens (primary N) is 1. The van der Waals surface area contributed by atoms with Gasteiger partial charge in [0.05, 0.1) is 0 Å². The first-order chi connectivity index (χ1) is 7.08. The average molecular weight is 216 g/mol. The zero-order chi connectivity index (χ0) is 12.1. The highest BCUT2D eigenvalue weighted by Crippen LogP contribution is 1.93. The summed E-state index contributed by atoms with van der Waals surface area (Å²) in [6, 6.07) is 0. The van der Waals surface area contributed by atoms with Crippen LogP contribution in [0.1, 0.15) is 52.9 Å². The van der Waals surface area contributed by atoms with Gasteiger partial charge in [-0.15, -0.1) is 0 Å². The number of nitrogens with one attached hydrogen (secondary N) is 1. The normalized spacial score (nSPS) is 12.9. The van der Waals surface area contributed by atoms with Crippen molar-refractivity contribution < 1.29 is 9.59 Å². The van der Waals surface area contributed by atoms with E-state index in [1.165, 1.54) is 6.42 Å². The SMILES string of the molecule is CCC.CCCC(N)=O.O=C1CCCN1. The lowest BCUT2D eigenvalue weighted by molar-refractivity contribution is -0.119. The molecule has 1 heterocycles. The van der Waals surface area contributed by atoms with E-state index < -0.39 is 0 Å². The molecule has 1 rings (SSSR count). The van der Waals surface area contributed by atoms with E-state index in [9.17, 15) is 9.59 Å². The summed E-state index contributed by atoms with van der Waals surface area (Å²) >= 11 is 0. The Morgan fingerprint density at radius 2 is 1.93 bits per heavy atom. The smallest absolute Gasteiger partial charge is 0.220 e. The molecule has 0 aromatic carbocycles. The van der Waals surface area contributed by atoms with E-state index in [2.05, 4.69) is 19.2 Å². The van der Waals surface area contributed by atoms with Crippen LogP contribution in [0.15, 0.2) is 0 Å². The van der Waals surface area contributed by atoms with Crippen LogP contribution in [-0.4, -0.2) is 18.4 Å². The van der Waals surface area contributed by atoms with Gasteiger partial charge in [-0.3, -0.25) is 9.59 Å². The number of carbonyl (C=O) groups excluding carboxylic acids is 2. The van der Waals surface area contributed by atoms with Crippen molar-refractivity contribution in [2.24, 2.45) is 5.73 Å². The first-order valence-electron chi connectivity index (χ1n) is 5.63. The minimum atomic E-state index is -0.211. The number of rotatable bonds is 2. The standard InChI is InChI=1S/C4H7NO.C4H9NO.C3H8/c6-4-2-1-3-5-4;1-2-3-4(5)6;1-3-2/h1-3H2,(H,5,6);2-3H2,1H3,(H2,5,6);3H2,1-2H3. The van der Waals surface area contributed by atoms with Gasteiger partial charge in [0.2, 0.25) is 11.8 Å². The number of carbonyl (C=O) groups is 2. The summed E-state index contributed by atoms with van der Waals surface area (Å²) in [4.78, 5) is 20.0. The maximum Gasteiger partial charge on any atom is 0.220 e. The molecule has 0 radical (unpaired) electrons. The van der Waals surface area contributed by atoms with E-state index in [4.69, 9.17) is 5.73 Å². The van der Waals surface area contributed by atoms with E-state index in [1.807, 2.05) is 6.92 Å². The lowest BCUT2D eigenvalue weighted by Crippen LogP contribution is -2.12. The van der Waals surface area contributed by atoms with Gasteiger partial charge in [0.25, 0.3) is 0 Å². The van der Waals surface area contributed by atoms with Gasteiger partial charge in [-0.25, -0.2) is 0 Å². The average Bonchev–Trinajstić information content (AvgIpc) is 2.58. The molecule has 15 heavy (non-hydrogen) atoms. The van der Waals surface area contributed by atoms with Gasteiger partial charge in [0.15, 0.2) is 0 Å². The van der Waals surface area contributed by atoms with Gasteiger partial charge in [-0.05, 0) is 12.8 Å². The quantitative estimate of drug-likeness (QED) is 0.735. The minimum absolute atomic E-state index is 0.204.